The summed E-state index contributed by atoms with van der Waals surface area (Å²) in [6.45, 7) is 9.15. The van der Waals surface area contributed by atoms with Gasteiger partial charge in [-0.2, -0.15) is 5.26 Å². The molecule has 0 heterocycles. The summed E-state index contributed by atoms with van der Waals surface area (Å²) in [7, 11) is 0. The van der Waals surface area contributed by atoms with E-state index in [2.05, 4.69) is 43.4 Å². The Morgan fingerprint density at radius 1 is 1.24 bits per heavy atom. The highest BCUT2D eigenvalue weighted by molar-refractivity contribution is 5.47. The minimum Gasteiger partial charge on any atom is -0.385 e. The van der Waals surface area contributed by atoms with E-state index in [-0.39, 0.29) is 5.41 Å². The zero-order valence-electron chi connectivity index (χ0n) is 11.3. The second kappa shape index (κ2) is 5.72. The molecule has 0 spiro atoms. The van der Waals surface area contributed by atoms with Crippen molar-refractivity contribution in [1.29, 1.82) is 5.26 Å². The molecule has 17 heavy (non-hydrogen) atoms. The molecule has 92 valence electrons. The maximum atomic E-state index is 8.91. The molecule has 0 aliphatic carbocycles. The Hall–Kier alpha value is -1.49. The molecule has 2 heteroatoms. The van der Waals surface area contributed by atoms with Gasteiger partial charge in [0.25, 0.3) is 0 Å². The first-order valence-electron chi connectivity index (χ1n) is 6.17. The molecule has 1 aromatic rings. The summed E-state index contributed by atoms with van der Waals surface area (Å²) < 4.78 is 0. The summed E-state index contributed by atoms with van der Waals surface area (Å²) in [4.78, 5) is 0. The van der Waals surface area contributed by atoms with Crippen LogP contribution in [0.15, 0.2) is 18.2 Å². The van der Waals surface area contributed by atoms with E-state index in [4.69, 9.17) is 5.26 Å². The minimum absolute atomic E-state index is 0.203. The largest absolute Gasteiger partial charge is 0.385 e. The Balaban J connectivity index is 2.37. The molecule has 0 fully saturated rings. The van der Waals surface area contributed by atoms with Crippen molar-refractivity contribution in [3.05, 3.63) is 29.3 Å². The van der Waals surface area contributed by atoms with E-state index < -0.39 is 0 Å². The third kappa shape index (κ3) is 4.48. The zero-order chi connectivity index (χ0) is 12.9. The maximum Gasteiger partial charge on any atom is 0.0683 e. The van der Waals surface area contributed by atoms with Crippen LogP contribution >= 0.6 is 0 Å². The van der Waals surface area contributed by atoms with Crippen molar-refractivity contribution in [2.45, 2.75) is 40.5 Å². The van der Waals surface area contributed by atoms with Crippen molar-refractivity contribution in [2.24, 2.45) is 5.41 Å². The Labute approximate surface area is 105 Å². The Kier molecular flexibility index (Phi) is 4.57. The second-order valence-electron chi connectivity index (χ2n) is 5.33. The average molecular weight is 230 g/mol. The summed E-state index contributed by atoms with van der Waals surface area (Å²) >= 11 is 0. The van der Waals surface area contributed by atoms with Crippen molar-refractivity contribution in [2.75, 3.05) is 11.9 Å². The lowest BCUT2D eigenvalue weighted by Gasteiger charge is -2.15. The van der Waals surface area contributed by atoms with Gasteiger partial charge in [-0.05, 0) is 63.8 Å². The van der Waals surface area contributed by atoms with Gasteiger partial charge in [0.15, 0.2) is 0 Å². The van der Waals surface area contributed by atoms with E-state index in [1.54, 1.807) is 0 Å². The first-order chi connectivity index (χ1) is 7.94. The summed E-state index contributed by atoms with van der Waals surface area (Å²) in [5.41, 5.74) is 3.60. The van der Waals surface area contributed by atoms with Crippen LogP contribution in [-0.4, -0.2) is 6.54 Å². The molecule has 0 amide bonds. The number of nitrogens with one attached hydrogen (secondary N) is 1. The van der Waals surface area contributed by atoms with Gasteiger partial charge in [0.05, 0.1) is 11.5 Å². The smallest absolute Gasteiger partial charge is 0.0683 e. The van der Waals surface area contributed by atoms with Crippen LogP contribution in [-0.2, 0) is 0 Å². The van der Waals surface area contributed by atoms with Crippen LogP contribution in [0.3, 0.4) is 0 Å². The van der Waals surface area contributed by atoms with Gasteiger partial charge in [-0.3, -0.25) is 0 Å². The fraction of sp³-hybridized carbons (Fsp3) is 0.533. The van der Waals surface area contributed by atoms with Crippen LogP contribution in [0.25, 0.3) is 0 Å². The summed E-state index contributed by atoms with van der Waals surface area (Å²) in [5, 5.41) is 12.3. The van der Waals surface area contributed by atoms with Crippen molar-refractivity contribution >= 4 is 5.69 Å². The van der Waals surface area contributed by atoms with Crippen LogP contribution < -0.4 is 5.32 Å². The van der Waals surface area contributed by atoms with Gasteiger partial charge in [0.2, 0.25) is 0 Å². The molecule has 0 bridgehead atoms. The molecule has 1 rings (SSSR count). The van der Waals surface area contributed by atoms with Crippen molar-refractivity contribution in [3.63, 3.8) is 0 Å². The van der Waals surface area contributed by atoms with E-state index >= 15 is 0 Å². The van der Waals surface area contributed by atoms with Crippen LogP contribution in [0.2, 0.25) is 0 Å². The van der Waals surface area contributed by atoms with Crippen LogP contribution in [0.1, 0.15) is 37.8 Å². The lowest BCUT2D eigenvalue weighted by Crippen LogP contribution is -2.11. The minimum atomic E-state index is -0.203. The lowest BCUT2D eigenvalue weighted by molar-refractivity contribution is 0.441. The molecule has 0 saturated carbocycles. The highest BCUT2D eigenvalue weighted by Gasteiger charge is 2.15. The maximum absolute atomic E-state index is 8.91. The Morgan fingerprint density at radius 2 is 1.94 bits per heavy atom. The summed E-state index contributed by atoms with van der Waals surface area (Å²) in [6, 6.07) is 8.74. The molecule has 0 aliphatic heterocycles. The number of nitrogens with zero attached hydrogens (tertiary/aromatic N) is 1. The Bertz CT molecular complexity index is 413. The number of anilines is 1. The van der Waals surface area contributed by atoms with Gasteiger partial charge in [-0.1, -0.05) is 6.07 Å². The van der Waals surface area contributed by atoms with E-state index in [0.29, 0.717) is 0 Å². The molecular weight excluding hydrogens is 208 g/mol. The van der Waals surface area contributed by atoms with Crippen LogP contribution in [0, 0.1) is 30.6 Å². The fourth-order valence-electron chi connectivity index (χ4n) is 1.67. The summed E-state index contributed by atoms with van der Waals surface area (Å²) in [6.07, 6.45) is 1.95. The summed E-state index contributed by atoms with van der Waals surface area (Å²) in [5.74, 6) is 0. The number of nitriles is 1. The monoisotopic (exact) mass is 230 g/mol. The SMILES string of the molecule is Cc1ccc(NCCCC(C)(C)C#N)cc1C. The van der Waals surface area contributed by atoms with Crippen molar-refractivity contribution < 1.29 is 0 Å². The highest BCUT2D eigenvalue weighted by Crippen LogP contribution is 2.21. The molecule has 0 atom stereocenters. The third-order valence-corrected chi connectivity index (χ3v) is 3.12. The van der Waals surface area contributed by atoms with Crippen molar-refractivity contribution in [3.8, 4) is 6.07 Å². The number of rotatable bonds is 5. The second-order valence-corrected chi connectivity index (χ2v) is 5.33. The molecule has 1 N–H and O–H groups in total. The molecule has 0 aromatic heterocycles. The first-order valence-corrected chi connectivity index (χ1v) is 6.17. The van der Waals surface area contributed by atoms with Crippen LogP contribution in [0.4, 0.5) is 5.69 Å². The lowest BCUT2D eigenvalue weighted by atomic mass is 9.90. The predicted molar refractivity (Wildman–Crippen MR) is 73.0 cm³/mol. The average Bonchev–Trinajstić information content (AvgIpc) is 2.29. The number of hydrogen-bond acceptors (Lipinski definition) is 2. The third-order valence-electron chi connectivity index (χ3n) is 3.12. The van der Waals surface area contributed by atoms with E-state index in [9.17, 15) is 0 Å². The van der Waals surface area contributed by atoms with Gasteiger partial charge in [-0.15, -0.1) is 0 Å². The normalized spacial score (nSPS) is 11.0. The predicted octanol–water partition coefficient (Wildman–Crippen LogP) is 4.05. The number of hydrogen-bond donors (Lipinski definition) is 1. The Morgan fingerprint density at radius 3 is 2.53 bits per heavy atom. The van der Waals surface area contributed by atoms with E-state index in [1.807, 2.05) is 13.8 Å². The molecule has 2 nitrogen and oxygen atoms in total. The van der Waals surface area contributed by atoms with E-state index in [0.717, 1.165) is 19.4 Å². The van der Waals surface area contributed by atoms with Crippen LogP contribution in [0.5, 0.6) is 0 Å². The van der Waals surface area contributed by atoms with Crippen molar-refractivity contribution in [1.82, 2.24) is 0 Å². The topological polar surface area (TPSA) is 35.8 Å². The number of aryl methyl sites for hydroxylation is 2. The van der Waals surface area contributed by atoms with Gasteiger partial charge >= 0.3 is 0 Å². The number of benzene rings is 1. The molecule has 0 saturated heterocycles. The van der Waals surface area contributed by atoms with Gasteiger partial charge in [-0.25, -0.2) is 0 Å². The fourth-order valence-corrected chi connectivity index (χ4v) is 1.67. The molecular formula is C15H22N2. The molecule has 1 aromatic carbocycles. The van der Waals surface area contributed by atoms with Gasteiger partial charge in [0, 0.05) is 12.2 Å². The first kappa shape index (κ1) is 13.6. The highest BCUT2D eigenvalue weighted by atomic mass is 14.9. The quantitative estimate of drug-likeness (QED) is 0.775. The molecule has 0 radical (unpaired) electrons. The van der Waals surface area contributed by atoms with Gasteiger partial charge < -0.3 is 5.32 Å². The standard InChI is InChI=1S/C15H22N2/c1-12-6-7-14(10-13(12)2)17-9-5-8-15(3,4)11-16/h6-7,10,17H,5,8-9H2,1-4H3. The van der Waals surface area contributed by atoms with E-state index in [1.165, 1.54) is 16.8 Å². The zero-order valence-corrected chi connectivity index (χ0v) is 11.3. The molecule has 0 aliphatic rings. The molecule has 0 unspecified atom stereocenters. The van der Waals surface area contributed by atoms with Gasteiger partial charge in [0.1, 0.15) is 0 Å².